The van der Waals surface area contributed by atoms with Crippen molar-refractivity contribution in [3.05, 3.63) is 28.5 Å². The molecule has 1 fully saturated rings. The number of benzene rings is 1. The minimum absolute atomic E-state index is 0.0390. The fourth-order valence-corrected chi connectivity index (χ4v) is 2.24. The summed E-state index contributed by atoms with van der Waals surface area (Å²) in [6.45, 7) is 0.627. The molecule has 1 aromatic rings. The van der Waals surface area contributed by atoms with Gasteiger partial charge in [0.15, 0.2) is 0 Å². The lowest BCUT2D eigenvalue weighted by molar-refractivity contribution is 0.287. The maximum Gasteiger partial charge on any atom is 0.137 e. The lowest BCUT2D eigenvalue weighted by Gasteiger charge is -2.42. The molecule has 3 N–H and O–H groups in total. The van der Waals surface area contributed by atoms with E-state index in [1.807, 2.05) is 0 Å². The maximum absolute atomic E-state index is 13.0. The molecule has 1 aliphatic carbocycles. The van der Waals surface area contributed by atoms with Crippen molar-refractivity contribution in [3.8, 4) is 0 Å². The Morgan fingerprint density at radius 1 is 1.47 bits per heavy atom. The summed E-state index contributed by atoms with van der Waals surface area (Å²) in [5.74, 6) is -0.240. The molecule has 1 saturated carbocycles. The summed E-state index contributed by atoms with van der Waals surface area (Å²) in [7, 11) is 0. The van der Waals surface area contributed by atoms with Gasteiger partial charge in [0.05, 0.1) is 4.47 Å². The highest BCUT2D eigenvalue weighted by Gasteiger charge is 2.35. The molecule has 2 nitrogen and oxygen atoms in total. The Kier molecular flexibility index (Phi) is 2.98. The molecule has 82 valence electrons. The van der Waals surface area contributed by atoms with Crippen molar-refractivity contribution in [1.29, 1.82) is 0 Å². The van der Waals surface area contributed by atoms with Gasteiger partial charge in [-0.05, 0) is 53.4 Å². The molecule has 0 amide bonds. The monoisotopic (exact) mass is 272 g/mol. The number of halogens is 2. The highest BCUT2D eigenvalue weighted by molar-refractivity contribution is 9.10. The number of anilines is 1. The molecule has 0 bridgehead atoms. The number of rotatable bonds is 3. The molecule has 0 aromatic heterocycles. The second-order valence-electron chi connectivity index (χ2n) is 4.09. The molecule has 2 rings (SSSR count). The van der Waals surface area contributed by atoms with E-state index in [1.165, 1.54) is 12.5 Å². The number of nitrogens with two attached hydrogens (primary N) is 1. The van der Waals surface area contributed by atoms with Crippen molar-refractivity contribution in [1.82, 2.24) is 0 Å². The van der Waals surface area contributed by atoms with E-state index in [1.54, 1.807) is 12.1 Å². The molecular formula is C11H14BrFN2. The standard InChI is InChI=1S/C11H14BrFN2/c12-9-6-8(2-3-10(9)13)15-11(7-14)4-1-5-11/h2-3,6,15H,1,4-5,7,14H2. The predicted octanol–water partition coefficient (Wildman–Crippen LogP) is 2.88. The molecule has 15 heavy (non-hydrogen) atoms. The average molecular weight is 273 g/mol. The number of hydrogen-bond donors (Lipinski definition) is 2. The van der Waals surface area contributed by atoms with Gasteiger partial charge in [0.25, 0.3) is 0 Å². The van der Waals surface area contributed by atoms with E-state index in [2.05, 4.69) is 21.2 Å². The van der Waals surface area contributed by atoms with Crippen LogP contribution >= 0.6 is 15.9 Å². The van der Waals surface area contributed by atoms with Crippen LogP contribution in [0.15, 0.2) is 22.7 Å². The van der Waals surface area contributed by atoms with Crippen molar-refractivity contribution in [2.24, 2.45) is 5.73 Å². The van der Waals surface area contributed by atoms with Crippen molar-refractivity contribution in [3.63, 3.8) is 0 Å². The Balaban J connectivity index is 2.13. The zero-order valence-electron chi connectivity index (χ0n) is 8.39. The zero-order valence-corrected chi connectivity index (χ0v) is 9.98. The first-order valence-electron chi connectivity index (χ1n) is 5.08. The van der Waals surface area contributed by atoms with Crippen molar-refractivity contribution >= 4 is 21.6 Å². The smallest absolute Gasteiger partial charge is 0.137 e. The third-order valence-corrected chi connectivity index (χ3v) is 3.64. The number of nitrogens with one attached hydrogen (secondary N) is 1. The Labute approximate surface area is 97.2 Å². The van der Waals surface area contributed by atoms with Gasteiger partial charge in [-0.25, -0.2) is 4.39 Å². The van der Waals surface area contributed by atoms with Gasteiger partial charge >= 0.3 is 0 Å². The minimum atomic E-state index is -0.240. The molecule has 0 radical (unpaired) electrons. The van der Waals surface area contributed by atoms with Gasteiger partial charge in [-0.1, -0.05) is 0 Å². The van der Waals surface area contributed by atoms with Gasteiger partial charge in [0, 0.05) is 17.8 Å². The van der Waals surface area contributed by atoms with Gasteiger partial charge in [0.1, 0.15) is 5.82 Å². The van der Waals surface area contributed by atoms with E-state index in [0.29, 0.717) is 11.0 Å². The summed E-state index contributed by atoms with van der Waals surface area (Å²) in [5.41, 5.74) is 6.70. The zero-order chi connectivity index (χ0) is 10.9. The Morgan fingerprint density at radius 3 is 2.67 bits per heavy atom. The summed E-state index contributed by atoms with van der Waals surface area (Å²) in [6, 6.07) is 4.95. The van der Waals surface area contributed by atoms with E-state index in [4.69, 9.17) is 5.73 Å². The summed E-state index contributed by atoms with van der Waals surface area (Å²) >= 11 is 3.17. The number of hydrogen-bond acceptors (Lipinski definition) is 2. The molecule has 0 spiro atoms. The van der Waals surface area contributed by atoms with E-state index in [-0.39, 0.29) is 11.4 Å². The largest absolute Gasteiger partial charge is 0.378 e. The first kappa shape index (κ1) is 10.9. The van der Waals surface area contributed by atoms with Gasteiger partial charge in [-0.15, -0.1) is 0 Å². The maximum atomic E-state index is 13.0. The molecule has 0 heterocycles. The van der Waals surface area contributed by atoms with Gasteiger partial charge < -0.3 is 11.1 Å². The Bertz CT molecular complexity index is 358. The van der Waals surface area contributed by atoms with Crippen molar-refractivity contribution in [2.45, 2.75) is 24.8 Å². The fraction of sp³-hybridized carbons (Fsp3) is 0.455. The lowest BCUT2D eigenvalue weighted by atomic mass is 9.76. The average Bonchev–Trinajstić information content (AvgIpc) is 2.17. The minimum Gasteiger partial charge on any atom is -0.378 e. The van der Waals surface area contributed by atoms with Crippen LogP contribution in [-0.2, 0) is 0 Å². The van der Waals surface area contributed by atoms with Crippen molar-refractivity contribution in [2.75, 3.05) is 11.9 Å². The highest BCUT2D eigenvalue weighted by atomic mass is 79.9. The lowest BCUT2D eigenvalue weighted by Crippen LogP contribution is -2.51. The third-order valence-electron chi connectivity index (χ3n) is 3.03. The Morgan fingerprint density at radius 2 is 2.20 bits per heavy atom. The van der Waals surface area contributed by atoms with Crippen LogP contribution in [0.3, 0.4) is 0 Å². The van der Waals surface area contributed by atoms with Crippen LogP contribution in [0.1, 0.15) is 19.3 Å². The second kappa shape index (κ2) is 4.10. The molecule has 0 aliphatic heterocycles. The van der Waals surface area contributed by atoms with Gasteiger partial charge in [0.2, 0.25) is 0 Å². The summed E-state index contributed by atoms with van der Waals surface area (Å²) in [4.78, 5) is 0. The summed E-state index contributed by atoms with van der Waals surface area (Å²) in [6.07, 6.45) is 3.41. The third kappa shape index (κ3) is 2.16. The highest BCUT2D eigenvalue weighted by Crippen LogP contribution is 2.35. The molecule has 1 aliphatic rings. The van der Waals surface area contributed by atoms with Crippen LogP contribution in [0.2, 0.25) is 0 Å². The first-order valence-corrected chi connectivity index (χ1v) is 5.88. The normalized spacial score (nSPS) is 18.3. The van der Waals surface area contributed by atoms with Crippen LogP contribution in [0.4, 0.5) is 10.1 Å². The van der Waals surface area contributed by atoms with E-state index in [9.17, 15) is 4.39 Å². The van der Waals surface area contributed by atoms with Crippen LogP contribution < -0.4 is 11.1 Å². The predicted molar refractivity (Wildman–Crippen MR) is 63.4 cm³/mol. The van der Waals surface area contributed by atoms with Crippen LogP contribution in [0, 0.1) is 5.82 Å². The molecule has 0 saturated heterocycles. The van der Waals surface area contributed by atoms with Gasteiger partial charge in [-0.3, -0.25) is 0 Å². The van der Waals surface area contributed by atoms with Crippen LogP contribution in [0.25, 0.3) is 0 Å². The van der Waals surface area contributed by atoms with E-state index < -0.39 is 0 Å². The molecule has 0 unspecified atom stereocenters. The molecule has 1 aromatic carbocycles. The SMILES string of the molecule is NCC1(Nc2ccc(F)c(Br)c2)CCC1. The van der Waals surface area contributed by atoms with Crippen LogP contribution in [0.5, 0.6) is 0 Å². The Hall–Kier alpha value is -0.610. The van der Waals surface area contributed by atoms with Crippen LogP contribution in [-0.4, -0.2) is 12.1 Å². The summed E-state index contributed by atoms with van der Waals surface area (Å²) < 4.78 is 13.5. The second-order valence-corrected chi connectivity index (χ2v) is 4.95. The van der Waals surface area contributed by atoms with Crippen molar-refractivity contribution < 1.29 is 4.39 Å². The topological polar surface area (TPSA) is 38.0 Å². The van der Waals surface area contributed by atoms with E-state index >= 15 is 0 Å². The molecule has 0 atom stereocenters. The molecular weight excluding hydrogens is 259 g/mol. The molecule has 4 heteroatoms. The summed E-state index contributed by atoms with van der Waals surface area (Å²) in [5, 5.41) is 3.39. The van der Waals surface area contributed by atoms with Gasteiger partial charge in [-0.2, -0.15) is 0 Å². The quantitative estimate of drug-likeness (QED) is 0.888. The first-order chi connectivity index (χ1) is 7.15. The van der Waals surface area contributed by atoms with E-state index in [0.717, 1.165) is 18.5 Å². The fourth-order valence-electron chi connectivity index (χ4n) is 1.86.